The Hall–Kier alpha value is -1.59. The summed E-state index contributed by atoms with van der Waals surface area (Å²) >= 11 is 0. The smallest absolute Gasteiger partial charge is 0.191 e. The zero-order valence-electron chi connectivity index (χ0n) is 15.5. The van der Waals surface area contributed by atoms with Crippen LogP contribution in [0, 0.1) is 0 Å². The van der Waals surface area contributed by atoms with Crippen molar-refractivity contribution in [3.63, 3.8) is 0 Å². The summed E-state index contributed by atoms with van der Waals surface area (Å²) < 4.78 is 5.43. The van der Waals surface area contributed by atoms with E-state index in [1.165, 1.54) is 43.2 Å². The van der Waals surface area contributed by atoms with E-state index in [4.69, 9.17) is 4.74 Å². The first kappa shape index (κ1) is 18.2. The monoisotopic (exact) mass is 344 g/mol. The highest BCUT2D eigenvalue weighted by molar-refractivity contribution is 5.79. The third-order valence-electron chi connectivity index (χ3n) is 5.13. The molecule has 0 radical (unpaired) electrons. The van der Waals surface area contributed by atoms with Crippen LogP contribution in [0.15, 0.2) is 29.3 Å². The van der Waals surface area contributed by atoms with Gasteiger partial charge in [0.1, 0.15) is 0 Å². The van der Waals surface area contributed by atoms with Gasteiger partial charge in [-0.25, -0.2) is 0 Å². The summed E-state index contributed by atoms with van der Waals surface area (Å²) in [5.74, 6) is 0.922. The first-order valence-corrected chi connectivity index (χ1v) is 9.68. The van der Waals surface area contributed by atoms with Crippen molar-refractivity contribution in [1.82, 2.24) is 15.5 Å². The van der Waals surface area contributed by atoms with Crippen LogP contribution < -0.4 is 10.6 Å². The minimum absolute atomic E-state index is 0.576. The standard InChI is InChI=1S/C20H32N4O/c1-21-20(23-19-8-3-2-4-9-19)22-15-17-6-5-7-18(14-17)16-24-10-12-25-13-11-24/h5-7,14,19H,2-4,8-13,15-16H2,1H3,(H2,21,22,23). The summed E-state index contributed by atoms with van der Waals surface area (Å²) in [5, 5.41) is 7.04. The van der Waals surface area contributed by atoms with Gasteiger partial charge in [-0.05, 0) is 24.0 Å². The summed E-state index contributed by atoms with van der Waals surface area (Å²) in [6.07, 6.45) is 6.56. The highest BCUT2D eigenvalue weighted by Gasteiger charge is 2.14. The molecule has 2 N–H and O–H groups in total. The second kappa shape index (κ2) is 9.78. The van der Waals surface area contributed by atoms with Gasteiger partial charge < -0.3 is 15.4 Å². The largest absolute Gasteiger partial charge is 0.379 e. The molecule has 138 valence electrons. The number of hydrogen-bond acceptors (Lipinski definition) is 3. The van der Waals surface area contributed by atoms with Gasteiger partial charge in [-0.3, -0.25) is 9.89 Å². The molecule has 1 saturated heterocycles. The summed E-state index contributed by atoms with van der Waals surface area (Å²) in [6.45, 7) is 5.57. The second-order valence-corrected chi connectivity index (χ2v) is 7.11. The normalized spacial score (nSPS) is 20.4. The van der Waals surface area contributed by atoms with Crippen LogP contribution in [0.5, 0.6) is 0 Å². The lowest BCUT2D eigenvalue weighted by molar-refractivity contribution is 0.0342. The Labute approximate surface area is 151 Å². The zero-order chi connectivity index (χ0) is 17.3. The number of nitrogens with zero attached hydrogens (tertiary/aromatic N) is 2. The Bertz CT molecular complexity index is 548. The maximum Gasteiger partial charge on any atom is 0.191 e. The molecule has 1 heterocycles. The topological polar surface area (TPSA) is 48.9 Å². The van der Waals surface area contributed by atoms with Crippen molar-refractivity contribution in [2.75, 3.05) is 33.4 Å². The molecule has 0 aromatic heterocycles. The quantitative estimate of drug-likeness (QED) is 0.637. The number of morpholine rings is 1. The fourth-order valence-electron chi connectivity index (χ4n) is 3.68. The lowest BCUT2D eigenvalue weighted by Gasteiger charge is -2.26. The van der Waals surface area contributed by atoms with E-state index in [0.29, 0.717) is 6.04 Å². The zero-order valence-corrected chi connectivity index (χ0v) is 15.5. The first-order valence-electron chi connectivity index (χ1n) is 9.68. The predicted molar refractivity (Wildman–Crippen MR) is 103 cm³/mol. The highest BCUT2D eigenvalue weighted by Crippen LogP contribution is 2.17. The van der Waals surface area contributed by atoms with Crippen molar-refractivity contribution in [2.45, 2.75) is 51.2 Å². The van der Waals surface area contributed by atoms with E-state index in [-0.39, 0.29) is 0 Å². The molecule has 5 heteroatoms. The van der Waals surface area contributed by atoms with Crippen molar-refractivity contribution >= 4 is 5.96 Å². The molecule has 1 saturated carbocycles. The molecule has 0 unspecified atom stereocenters. The molecule has 0 spiro atoms. The summed E-state index contributed by atoms with van der Waals surface area (Å²) in [7, 11) is 1.85. The van der Waals surface area contributed by atoms with E-state index in [9.17, 15) is 0 Å². The fourth-order valence-corrected chi connectivity index (χ4v) is 3.68. The Morgan fingerprint density at radius 3 is 2.68 bits per heavy atom. The maximum absolute atomic E-state index is 5.43. The van der Waals surface area contributed by atoms with Crippen LogP contribution in [-0.4, -0.2) is 50.3 Å². The van der Waals surface area contributed by atoms with Gasteiger partial charge in [-0.15, -0.1) is 0 Å². The van der Waals surface area contributed by atoms with Gasteiger partial charge >= 0.3 is 0 Å². The van der Waals surface area contributed by atoms with Crippen LogP contribution >= 0.6 is 0 Å². The molecule has 0 amide bonds. The summed E-state index contributed by atoms with van der Waals surface area (Å²) in [4.78, 5) is 6.84. The minimum atomic E-state index is 0.576. The van der Waals surface area contributed by atoms with Crippen molar-refractivity contribution in [3.8, 4) is 0 Å². The van der Waals surface area contributed by atoms with E-state index in [1.54, 1.807) is 0 Å². The van der Waals surface area contributed by atoms with Gasteiger partial charge in [-0.1, -0.05) is 43.5 Å². The molecule has 2 fully saturated rings. The third-order valence-corrected chi connectivity index (χ3v) is 5.13. The van der Waals surface area contributed by atoms with Crippen LogP contribution in [0.4, 0.5) is 0 Å². The average molecular weight is 345 g/mol. The molecule has 0 atom stereocenters. The molecular weight excluding hydrogens is 312 g/mol. The van der Waals surface area contributed by atoms with E-state index >= 15 is 0 Å². The minimum Gasteiger partial charge on any atom is -0.379 e. The van der Waals surface area contributed by atoms with E-state index < -0.39 is 0 Å². The van der Waals surface area contributed by atoms with Crippen LogP contribution in [0.2, 0.25) is 0 Å². The van der Waals surface area contributed by atoms with Crippen molar-refractivity contribution < 1.29 is 4.74 Å². The Kier molecular flexibility index (Phi) is 7.12. The Morgan fingerprint density at radius 1 is 1.16 bits per heavy atom. The van der Waals surface area contributed by atoms with Gasteiger partial charge in [0.05, 0.1) is 13.2 Å². The second-order valence-electron chi connectivity index (χ2n) is 7.11. The molecule has 2 aliphatic rings. The molecule has 1 aromatic carbocycles. The van der Waals surface area contributed by atoms with Crippen LogP contribution in [0.3, 0.4) is 0 Å². The number of benzene rings is 1. The van der Waals surface area contributed by atoms with Crippen LogP contribution in [0.1, 0.15) is 43.2 Å². The van der Waals surface area contributed by atoms with Gasteiger partial charge in [0.15, 0.2) is 5.96 Å². The first-order chi connectivity index (χ1) is 12.3. The average Bonchev–Trinajstić information content (AvgIpc) is 2.67. The van der Waals surface area contributed by atoms with Crippen molar-refractivity contribution in [1.29, 1.82) is 0 Å². The number of aliphatic imine (C=N–C) groups is 1. The third kappa shape index (κ3) is 6.01. The molecule has 1 aliphatic heterocycles. The van der Waals surface area contributed by atoms with Crippen LogP contribution in [-0.2, 0) is 17.8 Å². The maximum atomic E-state index is 5.43. The molecule has 3 rings (SSSR count). The molecule has 1 aromatic rings. The number of guanidine groups is 1. The number of rotatable bonds is 5. The molecule has 25 heavy (non-hydrogen) atoms. The van der Waals surface area contributed by atoms with Gasteiger partial charge in [0.25, 0.3) is 0 Å². The van der Waals surface area contributed by atoms with Crippen molar-refractivity contribution in [3.05, 3.63) is 35.4 Å². The van der Waals surface area contributed by atoms with Crippen LogP contribution in [0.25, 0.3) is 0 Å². The van der Waals surface area contributed by atoms with E-state index in [1.807, 2.05) is 7.05 Å². The predicted octanol–water partition coefficient (Wildman–Crippen LogP) is 2.52. The number of ether oxygens (including phenoxy) is 1. The molecular formula is C20H32N4O. The number of nitrogens with one attached hydrogen (secondary N) is 2. The highest BCUT2D eigenvalue weighted by atomic mass is 16.5. The van der Waals surface area contributed by atoms with Gasteiger partial charge in [-0.2, -0.15) is 0 Å². The Balaban J connectivity index is 1.48. The fraction of sp³-hybridized carbons (Fsp3) is 0.650. The van der Waals surface area contributed by atoms with E-state index in [0.717, 1.165) is 45.4 Å². The lowest BCUT2D eigenvalue weighted by atomic mass is 9.96. The number of hydrogen-bond donors (Lipinski definition) is 2. The molecule has 0 bridgehead atoms. The molecule has 1 aliphatic carbocycles. The lowest BCUT2D eigenvalue weighted by Crippen LogP contribution is -2.43. The summed E-state index contributed by atoms with van der Waals surface area (Å²) in [5.41, 5.74) is 2.67. The van der Waals surface area contributed by atoms with E-state index in [2.05, 4.69) is 44.8 Å². The molecule has 5 nitrogen and oxygen atoms in total. The SMILES string of the molecule is CN=C(NCc1cccc(CN2CCOCC2)c1)NC1CCCCC1. The van der Waals surface area contributed by atoms with Crippen molar-refractivity contribution in [2.24, 2.45) is 4.99 Å². The van der Waals surface area contributed by atoms with Gasteiger partial charge in [0, 0.05) is 39.3 Å². The van der Waals surface area contributed by atoms with Gasteiger partial charge in [0.2, 0.25) is 0 Å². The Morgan fingerprint density at radius 2 is 1.92 bits per heavy atom. The summed E-state index contributed by atoms with van der Waals surface area (Å²) in [6, 6.07) is 9.44.